The van der Waals surface area contributed by atoms with Crippen molar-refractivity contribution in [1.82, 2.24) is 0 Å². The van der Waals surface area contributed by atoms with E-state index in [1.807, 2.05) is 0 Å². The molecule has 0 unspecified atom stereocenters. The smallest absolute Gasteiger partial charge is 0.416 e. The molecule has 0 aliphatic heterocycles. The second-order valence-electron chi connectivity index (χ2n) is 5.14. The first-order valence-corrected chi connectivity index (χ1v) is 8.23. The number of thiophene rings is 1. The van der Waals surface area contributed by atoms with Crippen LogP contribution < -0.4 is 10.1 Å². The molecule has 2 aromatic carbocycles. The number of halogens is 4. The van der Waals surface area contributed by atoms with Gasteiger partial charge in [0, 0.05) is 21.8 Å². The number of hydrogen-bond acceptors (Lipinski definition) is 3. The summed E-state index contributed by atoms with van der Waals surface area (Å²) in [4.78, 5) is 12.6. The van der Waals surface area contributed by atoms with Crippen molar-refractivity contribution in [3.05, 3.63) is 57.9 Å². The molecule has 0 spiro atoms. The molecule has 1 amide bonds. The summed E-state index contributed by atoms with van der Waals surface area (Å²) in [6.45, 7) is 0. The normalized spacial score (nSPS) is 11.6. The Morgan fingerprint density at radius 1 is 1.20 bits per heavy atom. The van der Waals surface area contributed by atoms with E-state index < -0.39 is 17.6 Å². The van der Waals surface area contributed by atoms with Crippen molar-refractivity contribution in [3.63, 3.8) is 0 Å². The maximum atomic E-state index is 12.8. The Labute approximate surface area is 150 Å². The fourth-order valence-electron chi connectivity index (χ4n) is 2.28. The second kappa shape index (κ2) is 6.57. The molecule has 25 heavy (non-hydrogen) atoms. The summed E-state index contributed by atoms with van der Waals surface area (Å²) in [5.74, 6) is 0.0723. The third-order valence-electron chi connectivity index (χ3n) is 3.49. The van der Waals surface area contributed by atoms with E-state index in [1.165, 1.54) is 13.2 Å². The van der Waals surface area contributed by atoms with E-state index in [-0.39, 0.29) is 9.90 Å². The highest BCUT2D eigenvalue weighted by atomic mass is 35.5. The lowest BCUT2D eigenvalue weighted by atomic mass is 10.1. The van der Waals surface area contributed by atoms with Gasteiger partial charge >= 0.3 is 6.18 Å². The minimum absolute atomic E-state index is 0.133. The van der Waals surface area contributed by atoms with Gasteiger partial charge in [0.15, 0.2) is 0 Å². The molecule has 0 bridgehead atoms. The van der Waals surface area contributed by atoms with Crippen molar-refractivity contribution in [2.75, 3.05) is 12.4 Å². The minimum Gasteiger partial charge on any atom is -0.497 e. The van der Waals surface area contributed by atoms with Gasteiger partial charge in [-0.05, 0) is 24.3 Å². The zero-order valence-electron chi connectivity index (χ0n) is 12.8. The Bertz CT molecular complexity index is 953. The van der Waals surface area contributed by atoms with Gasteiger partial charge in [0.25, 0.3) is 5.91 Å². The van der Waals surface area contributed by atoms with E-state index in [2.05, 4.69) is 5.32 Å². The van der Waals surface area contributed by atoms with Crippen LogP contribution in [-0.2, 0) is 6.18 Å². The quantitative estimate of drug-likeness (QED) is 0.615. The summed E-state index contributed by atoms with van der Waals surface area (Å²) in [5, 5.41) is 3.21. The fourth-order valence-corrected chi connectivity index (χ4v) is 3.73. The minimum atomic E-state index is -4.45. The summed E-state index contributed by atoms with van der Waals surface area (Å²) in [5.41, 5.74) is -0.286. The molecule has 0 atom stereocenters. The molecule has 1 aromatic heterocycles. The predicted molar refractivity (Wildman–Crippen MR) is 92.8 cm³/mol. The monoisotopic (exact) mass is 385 g/mol. The molecule has 0 saturated carbocycles. The van der Waals surface area contributed by atoms with Crippen molar-refractivity contribution in [3.8, 4) is 5.75 Å². The molecular formula is C17H11ClF3NO2S. The summed E-state index contributed by atoms with van der Waals surface area (Å²) in [6.07, 6.45) is -4.45. The van der Waals surface area contributed by atoms with Crippen LogP contribution in [0.15, 0.2) is 42.5 Å². The van der Waals surface area contributed by atoms with Gasteiger partial charge in [0.1, 0.15) is 10.6 Å². The van der Waals surface area contributed by atoms with E-state index in [0.717, 1.165) is 23.5 Å². The van der Waals surface area contributed by atoms with Gasteiger partial charge in [-0.1, -0.05) is 23.7 Å². The van der Waals surface area contributed by atoms with Crippen LogP contribution in [0, 0.1) is 0 Å². The molecule has 1 N–H and O–H groups in total. The fraction of sp³-hybridized carbons (Fsp3) is 0.118. The van der Waals surface area contributed by atoms with E-state index >= 15 is 0 Å². The molecule has 0 saturated heterocycles. The lowest BCUT2D eigenvalue weighted by Gasteiger charge is -2.06. The van der Waals surface area contributed by atoms with Crippen molar-refractivity contribution in [1.29, 1.82) is 0 Å². The Morgan fingerprint density at radius 2 is 1.96 bits per heavy atom. The third-order valence-corrected chi connectivity index (χ3v) is 5.15. The lowest BCUT2D eigenvalue weighted by molar-refractivity contribution is -0.137. The first-order chi connectivity index (χ1) is 11.8. The van der Waals surface area contributed by atoms with Gasteiger partial charge in [-0.2, -0.15) is 13.2 Å². The average molecular weight is 386 g/mol. The molecule has 0 aliphatic rings. The highest BCUT2D eigenvalue weighted by Gasteiger charge is 2.31. The number of rotatable bonds is 3. The molecule has 0 fully saturated rings. The number of carbonyl (C=O) groups is 1. The van der Waals surface area contributed by atoms with Crippen LogP contribution in [0.2, 0.25) is 5.02 Å². The number of carbonyl (C=O) groups excluding carboxylic acids is 1. The van der Waals surface area contributed by atoms with Crippen LogP contribution in [0.25, 0.3) is 10.1 Å². The topological polar surface area (TPSA) is 38.3 Å². The summed E-state index contributed by atoms with van der Waals surface area (Å²) < 4.78 is 43.8. The van der Waals surface area contributed by atoms with Crippen molar-refractivity contribution in [2.45, 2.75) is 6.18 Å². The number of methoxy groups -OCH3 is 1. The molecular weight excluding hydrogens is 375 g/mol. The zero-order chi connectivity index (χ0) is 18.2. The van der Waals surface area contributed by atoms with Crippen LogP contribution >= 0.6 is 22.9 Å². The van der Waals surface area contributed by atoms with Crippen LogP contribution in [0.5, 0.6) is 5.75 Å². The molecule has 8 heteroatoms. The number of fused-ring (bicyclic) bond motifs is 1. The summed E-state index contributed by atoms with van der Waals surface area (Å²) in [6, 6.07) is 9.94. The number of ether oxygens (including phenoxy) is 1. The largest absolute Gasteiger partial charge is 0.497 e. The first-order valence-electron chi connectivity index (χ1n) is 7.04. The highest BCUT2D eigenvalue weighted by molar-refractivity contribution is 7.21. The lowest BCUT2D eigenvalue weighted by Crippen LogP contribution is -2.10. The highest BCUT2D eigenvalue weighted by Crippen LogP contribution is 2.39. The summed E-state index contributed by atoms with van der Waals surface area (Å²) >= 11 is 7.10. The Morgan fingerprint density at radius 3 is 2.64 bits per heavy atom. The molecule has 130 valence electrons. The number of hydrogen-bond donors (Lipinski definition) is 1. The van der Waals surface area contributed by atoms with Crippen molar-refractivity contribution in [2.24, 2.45) is 0 Å². The number of anilines is 1. The first kappa shape index (κ1) is 17.6. The standard InChI is InChI=1S/C17H11ClF3NO2S/c1-24-11-4-2-3-10(8-11)22-16(23)15-14(18)12-6-5-9(17(19,20)21)7-13(12)25-15/h2-8H,1H3,(H,22,23). The molecule has 3 rings (SSSR count). The second-order valence-corrected chi connectivity index (χ2v) is 6.57. The molecule has 3 nitrogen and oxygen atoms in total. The maximum Gasteiger partial charge on any atom is 0.416 e. The SMILES string of the molecule is COc1cccc(NC(=O)c2sc3cc(C(F)(F)F)ccc3c2Cl)c1. The number of nitrogens with one attached hydrogen (secondary N) is 1. The third kappa shape index (κ3) is 3.57. The van der Waals surface area contributed by atoms with E-state index in [1.54, 1.807) is 24.3 Å². The number of alkyl halides is 3. The Kier molecular flexibility index (Phi) is 4.62. The van der Waals surface area contributed by atoms with Crippen molar-refractivity contribution >= 4 is 44.6 Å². The Hall–Kier alpha value is -2.25. The van der Waals surface area contributed by atoms with E-state index in [4.69, 9.17) is 16.3 Å². The van der Waals surface area contributed by atoms with Crippen LogP contribution in [0.1, 0.15) is 15.2 Å². The molecule has 0 aliphatic carbocycles. The molecule has 1 heterocycles. The van der Waals surface area contributed by atoms with Crippen LogP contribution in [0.4, 0.5) is 18.9 Å². The van der Waals surface area contributed by atoms with Gasteiger partial charge < -0.3 is 10.1 Å². The van der Waals surface area contributed by atoms with Gasteiger partial charge in [-0.25, -0.2) is 0 Å². The van der Waals surface area contributed by atoms with Crippen LogP contribution in [0.3, 0.4) is 0 Å². The van der Waals surface area contributed by atoms with Crippen molar-refractivity contribution < 1.29 is 22.7 Å². The predicted octanol–water partition coefficient (Wildman–Crippen LogP) is 5.83. The van der Waals surface area contributed by atoms with Gasteiger partial charge in [-0.3, -0.25) is 4.79 Å². The van der Waals surface area contributed by atoms with E-state index in [0.29, 0.717) is 21.5 Å². The maximum absolute atomic E-state index is 12.8. The molecule has 3 aromatic rings. The number of amides is 1. The molecule has 0 radical (unpaired) electrons. The zero-order valence-corrected chi connectivity index (χ0v) is 14.4. The van der Waals surface area contributed by atoms with Gasteiger partial charge in [0.2, 0.25) is 0 Å². The van der Waals surface area contributed by atoms with Crippen LogP contribution in [-0.4, -0.2) is 13.0 Å². The van der Waals surface area contributed by atoms with E-state index in [9.17, 15) is 18.0 Å². The van der Waals surface area contributed by atoms with Gasteiger partial charge in [-0.15, -0.1) is 11.3 Å². The summed E-state index contributed by atoms with van der Waals surface area (Å²) in [7, 11) is 1.50. The number of benzene rings is 2. The Balaban J connectivity index is 1.94. The average Bonchev–Trinajstić information content (AvgIpc) is 2.91. The van der Waals surface area contributed by atoms with Gasteiger partial charge in [0.05, 0.1) is 17.7 Å².